The van der Waals surface area contributed by atoms with Crippen LogP contribution in [0.2, 0.25) is 0 Å². The number of benzene rings is 2. The predicted molar refractivity (Wildman–Crippen MR) is 108 cm³/mol. The Kier molecular flexibility index (Phi) is 3.72. The van der Waals surface area contributed by atoms with E-state index in [9.17, 15) is 0 Å². The van der Waals surface area contributed by atoms with Crippen molar-refractivity contribution >= 4 is 23.1 Å². The SMILES string of the molecule is C1=C(c2ccccn2)N(c2cncnc2)c2ccccc2-c2ccccc21. The summed E-state index contributed by atoms with van der Waals surface area (Å²) in [7, 11) is 0. The molecule has 0 spiro atoms. The maximum Gasteiger partial charge on any atom is 0.115 e. The van der Waals surface area contributed by atoms with Crippen molar-refractivity contribution in [2.45, 2.75) is 0 Å². The zero-order valence-electron chi connectivity index (χ0n) is 14.5. The van der Waals surface area contributed by atoms with Crippen LogP contribution in [0.5, 0.6) is 0 Å². The molecular formula is C23H16N4. The number of para-hydroxylation sites is 1. The van der Waals surface area contributed by atoms with Crippen molar-refractivity contribution in [2.24, 2.45) is 0 Å². The van der Waals surface area contributed by atoms with E-state index in [-0.39, 0.29) is 0 Å². The first-order chi connectivity index (χ1) is 13.4. The molecule has 4 nitrogen and oxygen atoms in total. The van der Waals surface area contributed by atoms with Gasteiger partial charge >= 0.3 is 0 Å². The maximum atomic E-state index is 4.61. The van der Waals surface area contributed by atoms with Gasteiger partial charge in [0.1, 0.15) is 6.33 Å². The highest BCUT2D eigenvalue weighted by Crippen LogP contribution is 2.44. The first-order valence-corrected chi connectivity index (χ1v) is 8.78. The molecule has 0 N–H and O–H groups in total. The van der Waals surface area contributed by atoms with Crippen LogP contribution in [0.25, 0.3) is 22.9 Å². The topological polar surface area (TPSA) is 41.9 Å². The fourth-order valence-electron chi connectivity index (χ4n) is 3.49. The molecule has 0 aliphatic carbocycles. The average Bonchev–Trinajstić information content (AvgIpc) is 2.90. The Morgan fingerprint density at radius 1 is 0.704 bits per heavy atom. The zero-order chi connectivity index (χ0) is 18.1. The fraction of sp³-hybridized carbons (Fsp3) is 0. The lowest BCUT2D eigenvalue weighted by Crippen LogP contribution is -2.16. The van der Waals surface area contributed by atoms with Crippen LogP contribution in [0.4, 0.5) is 11.4 Å². The normalized spacial score (nSPS) is 12.6. The van der Waals surface area contributed by atoms with Crippen LogP contribution < -0.4 is 4.90 Å². The third-order valence-electron chi connectivity index (χ3n) is 4.66. The zero-order valence-corrected chi connectivity index (χ0v) is 14.5. The van der Waals surface area contributed by atoms with E-state index in [2.05, 4.69) is 74.5 Å². The van der Waals surface area contributed by atoms with Gasteiger partial charge in [0.25, 0.3) is 0 Å². The number of pyridine rings is 1. The average molecular weight is 348 g/mol. The minimum Gasteiger partial charge on any atom is -0.305 e. The van der Waals surface area contributed by atoms with Gasteiger partial charge in [0.05, 0.1) is 35.2 Å². The summed E-state index contributed by atoms with van der Waals surface area (Å²) in [6.45, 7) is 0. The summed E-state index contributed by atoms with van der Waals surface area (Å²) in [5, 5.41) is 0. The van der Waals surface area contributed by atoms with E-state index in [1.54, 1.807) is 6.33 Å². The van der Waals surface area contributed by atoms with E-state index in [1.807, 2.05) is 36.8 Å². The molecule has 4 aromatic rings. The highest BCUT2D eigenvalue weighted by atomic mass is 15.2. The monoisotopic (exact) mass is 348 g/mol. The summed E-state index contributed by atoms with van der Waals surface area (Å²) in [5.41, 5.74) is 7.38. The van der Waals surface area contributed by atoms with Gasteiger partial charge in [0.15, 0.2) is 0 Å². The van der Waals surface area contributed by atoms with Crippen molar-refractivity contribution in [1.82, 2.24) is 15.0 Å². The lowest BCUT2D eigenvalue weighted by molar-refractivity contribution is 1.13. The number of fused-ring (bicyclic) bond motifs is 3. The van der Waals surface area contributed by atoms with Gasteiger partial charge in [0.2, 0.25) is 0 Å². The molecule has 2 aromatic heterocycles. The number of hydrogen-bond acceptors (Lipinski definition) is 4. The Morgan fingerprint density at radius 3 is 2.26 bits per heavy atom. The molecule has 0 amide bonds. The van der Waals surface area contributed by atoms with Gasteiger partial charge < -0.3 is 4.90 Å². The van der Waals surface area contributed by atoms with Crippen molar-refractivity contribution < 1.29 is 0 Å². The predicted octanol–water partition coefficient (Wildman–Crippen LogP) is 5.19. The standard InChI is InChI=1S/C23H16N4/c1-2-8-19-17(7-1)13-23(21-10-5-6-12-26-21)27(18-14-24-16-25-15-18)22-11-4-3-9-20(19)22/h1-16H. The summed E-state index contributed by atoms with van der Waals surface area (Å²) in [5.74, 6) is 0. The lowest BCUT2D eigenvalue weighted by atomic mass is 9.99. The van der Waals surface area contributed by atoms with Gasteiger partial charge in [-0.1, -0.05) is 48.5 Å². The first-order valence-electron chi connectivity index (χ1n) is 8.78. The van der Waals surface area contributed by atoms with E-state index in [1.165, 1.54) is 11.1 Å². The Labute approximate surface area is 157 Å². The van der Waals surface area contributed by atoms with Crippen molar-refractivity contribution in [3.8, 4) is 11.1 Å². The molecule has 0 saturated carbocycles. The van der Waals surface area contributed by atoms with Crippen LogP contribution in [-0.2, 0) is 0 Å². The van der Waals surface area contributed by atoms with Gasteiger partial charge in [-0.2, -0.15) is 0 Å². The van der Waals surface area contributed by atoms with Crippen molar-refractivity contribution in [3.63, 3.8) is 0 Å². The summed E-state index contributed by atoms with van der Waals surface area (Å²) in [6.07, 6.45) is 9.21. The molecule has 0 fully saturated rings. The van der Waals surface area contributed by atoms with Crippen molar-refractivity contribution in [3.05, 3.63) is 103 Å². The maximum absolute atomic E-state index is 4.61. The number of hydrogen-bond donors (Lipinski definition) is 0. The molecule has 1 aliphatic heterocycles. The Hall–Kier alpha value is -3.79. The molecule has 0 radical (unpaired) electrons. The van der Waals surface area contributed by atoms with Crippen molar-refractivity contribution in [1.29, 1.82) is 0 Å². The lowest BCUT2D eigenvalue weighted by Gasteiger charge is -2.27. The highest BCUT2D eigenvalue weighted by Gasteiger charge is 2.24. The third-order valence-corrected chi connectivity index (χ3v) is 4.66. The number of aromatic nitrogens is 3. The molecule has 0 unspecified atom stereocenters. The molecule has 2 aromatic carbocycles. The second-order valence-electron chi connectivity index (χ2n) is 6.28. The molecule has 4 heteroatoms. The highest BCUT2D eigenvalue weighted by molar-refractivity contribution is 6.03. The molecule has 0 atom stereocenters. The molecule has 5 rings (SSSR count). The van der Waals surface area contributed by atoms with Crippen LogP contribution in [0.15, 0.2) is 91.6 Å². The second-order valence-corrected chi connectivity index (χ2v) is 6.28. The largest absolute Gasteiger partial charge is 0.305 e. The summed E-state index contributed by atoms with van der Waals surface area (Å²) in [6, 6.07) is 22.8. The number of nitrogens with zero attached hydrogens (tertiary/aromatic N) is 4. The molecule has 3 heterocycles. The van der Waals surface area contributed by atoms with Crippen LogP contribution >= 0.6 is 0 Å². The second kappa shape index (κ2) is 6.50. The number of anilines is 2. The van der Waals surface area contributed by atoms with Crippen LogP contribution in [0.1, 0.15) is 11.3 Å². The van der Waals surface area contributed by atoms with E-state index >= 15 is 0 Å². The van der Waals surface area contributed by atoms with Gasteiger partial charge in [-0.05, 0) is 35.4 Å². The smallest absolute Gasteiger partial charge is 0.115 e. The van der Waals surface area contributed by atoms with E-state index in [0.717, 1.165) is 28.3 Å². The van der Waals surface area contributed by atoms with Gasteiger partial charge in [-0.3, -0.25) is 4.98 Å². The molecule has 128 valence electrons. The van der Waals surface area contributed by atoms with E-state index in [0.29, 0.717) is 0 Å². The Bertz CT molecular complexity index is 1120. The van der Waals surface area contributed by atoms with Crippen LogP contribution in [-0.4, -0.2) is 15.0 Å². The molecule has 0 saturated heterocycles. The minimum absolute atomic E-state index is 0.896. The summed E-state index contributed by atoms with van der Waals surface area (Å²) >= 11 is 0. The quantitative estimate of drug-likeness (QED) is 0.500. The van der Waals surface area contributed by atoms with Gasteiger partial charge in [0, 0.05) is 11.8 Å². The molecule has 0 bridgehead atoms. The first kappa shape index (κ1) is 15.5. The van der Waals surface area contributed by atoms with Gasteiger partial charge in [-0.15, -0.1) is 0 Å². The number of rotatable bonds is 2. The summed E-state index contributed by atoms with van der Waals surface area (Å²) in [4.78, 5) is 15.3. The van der Waals surface area contributed by atoms with Crippen LogP contribution in [0.3, 0.4) is 0 Å². The van der Waals surface area contributed by atoms with Gasteiger partial charge in [-0.25, -0.2) is 9.97 Å². The molecular weight excluding hydrogens is 332 g/mol. The molecule has 1 aliphatic rings. The Morgan fingerprint density at radius 2 is 1.44 bits per heavy atom. The van der Waals surface area contributed by atoms with E-state index < -0.39 is 0 Å². The fourth-order valence-corrected chi connectivity index (χ4v) is 3.49. The van der Waals surface area contributed by atoms with E-state index in [4.69, 9.17) is 0 Å². The van der Waals surface area contributed by atoms with Crippen molar-refractivity contribution in [2.75, 3.05) is 4.90 Å². The minimum atomic E-state index is 0.896. The third kappa shape index (κ3) is 2.68. The van der Waals surface area contributed by atoms with Crippen LogP contribution in [0, 0.1) is 0 Å². The molecule has 27 heavy (non-hydrogen) atoms. The summed E-state index contributed by atoms with van der Waals surface area (Å²) < 4.78 is 0. The Balaban J connectivity index is 1.86.